The van der Waals surface area contributed by atoms with Crippen LogP contribution in [0.5, 0.6) is 5.75 Å². The third kappa shape index (κ3) is 5.22. The SMILES string of the molecule is Cc1ccc([C@@H]2CONC(c3c(Sc4cccc(OC(F)(F)F)c4)nnc(C)c3C)=N2)s1. The minimum Gasteiger partial charge on any atom is -0.406 e. The van der Waals surface area contributed by atoms with E-state index >= 15 is 0 Å². The lowest BCUT2D eigenvalue weighted by molar-refractivity contribution is -0.274. The molecule has 3 heterocycles. The smallest absolute Gasteiger partial charge is 0.406 e. The summed E-state index contributed by atoms with van der Waals surface area (Å²) in [5, 5.41) is 8.98. The summed E-state index contributed by atoms with van der Waals surface area (Å²) < 4.78 is 41.8. The number of aliphatic imine (C=N–C) groups is 1. The second-order valence-electron chi connectivity index (χ2n) is 7.07. The number of hydrogen-bond donors (Lipinski definition) is 1. The Bertz CT molecular complexity index is 1160. The second kappa shape index (κ2) is 9.08. The summed E-state index contributed by atoms with van der Waals surface area (Å²) >= 11 is 2.84. The van der Waals surface area contributed by atoms with Gasteiger partial charge >= 0.3 is 6.36 Å². The molecule has 0 amide bonds. The number of amidine groups is 1. The monoisotopic (exact) mass is 480 g/mol. The highest BCUT2D eigenvalue weighted by atomic mass is 32.2. The quantitative estimate of drug-likeness (QED) is 0.518. The summed E-state index contributed by atoms with van der Waals surface area (Å²) in [6.45, 7) is 6.16. The molecule has 6 nitrogen and oxygen atoms in total. The van der Waals surface area contributed by atoms with Crippen LogP contribution < -0.4 is 10.2 Å². The van der Waals surface area contributed by atoms with E-state index in [-0.39, 0.29) is 11.8 Å². The Hall–Kier alpha value is -2.63. The molecular weight excluding hydrogens is 461 g/mol. The van der Waals surface area contributed by atoms with Gasteiger partial charge < -0.3 is 4.74 Å². The van der Waals surface area contributed by atoms with Gasteiger partial charge in [-0.15, -0.1) is 29.6 Å². The standard InChI is InChI=1S/C21H19F3N4O2S2/c1-11-7-8-17(31-11)16-10-29-28-19(25-16)18-12(2)13(3)26-27-20(18)32-15-6-4-5-14(9-15)30-21(22,23)24/h4-9,16H,10H2,1-3H3,(H,25,28)/t16-/m0/s1. The van der Waals surface area contributed by atoms with Gasteiger partial charge in [-0.05, 0) is 56.7 Å². The van der Waals surface area contributed by atoms with Gasteiger partial charge in [0.25, 0.3) is 0 Å². The van der Waals surface area contributed by atoms with Gasteiger partial charge in [0.15, 0.2) is 5.84 Å². The Morgan fingerprint density at radius 1 is 1.16 bits per heavy atom. The van der Waals surface area contributed by atoms with Crippen molar-refractivity contribution in [3.63, 3.8) is 0 Å². The molecule has 168 valence electrons. The predicted molar refractivity (Wildman–Crippen MR) is 116 cm³/mol. The van der Waals surface area contributed by atoms with Gasteiger partial charge in [-0.3, -0.25) is 9.83 Å². The van der Waals surface area contributed by atoms with Crippen LogP contribution in [0.1, 0.15) is 32.6 Å². The van der Waals surface area contributed by atoms with Gasteiger partial charge in [-0.2, -0.15) is 5.10 Å². The average molecular weight is 481 g/mol. The number of thiophene rings is 1. The van der Waals surface area contributed by atoms with Crippen LogP contribution in [0.3, 0.4) is 0 Å². The molecule has 0 spiro atoms. The van der Waals surface area contributed by atoms with E-state index in [4.69, 9.17) is 9.83 Å². The number of halogens is 3. The van der Waals surface area contributed by atoms with Crippen molar-refractivity contribution >= 4 is 28.9 Å². The molecule has 1 aromatic carbocycles. The van der Waals surface area contributed by atoms with Crippen LogP contribution in [0.25, 0.3) is 0 Å². The number of benzene rings is 1. The Morgan fingerprint density at radius 3 is 2.69 bits per heavy atom. The van der Waals surface area contributed by atoms with Crippen LogP contribution in [-0.4, -0.2) is 29.0 Å². The van der Waals surface area contributed by atoms with E-state index in [2.05, 4.69) is 20.4 Å². The van der Waals surface area contributed by atoms with Crippen LogP contribution in [-0.2, 0) is 4.84 Å². The first kappa shape index (κ1) is 22.6. The fourth-order valence-corrected chi connectivity index (χ4v) is 4.96. The first-order valence-electron chi connectivity index (χ1n) is 9.59. The molecule has 0 fully saturated rings. The highest BCUT2D eigenvalue weighted by Gasteiger charge is 2.31. The molecule has 0 saturated carbocycles. The Kier molecular flexibility index (Phi) is 6.40. The number of alkyl halides is 3. The summed E-state index contributed by atoms with van der Waals surface area (Å²) in [7, 11) is 0. The first-order valence-corrected chi connectivity index (χ1v) is 11.2. The zero-order chi connectivity index (χ0) is 22.9. The Balaban J connectivity index is 1.69. The Labute approximate surface area is 190 Å². The largest absolute Gasteiger partial charge is 0.573 e. The van der Waals surface area contributed by atoms with Gasteiger partial charge in [-0.25, -0.2) is 5.48 Å². The van der Waals surface area contributed by atoms with Crippen LogP contribution in [0.4, 0.5) is 13.2 Å². The number of rotatable bonds is 5. The van der Waals surface area contributed by atoms with Crippen molar-refractivity contribution in [2.45, 2.75) is 43.1 Å². The molecule has 1 aliphatic heterocycles. The minimum atomic E-state index is -4.76. The molecular formula is C21H19F3N4O2S2. The van der Waals surface area contributed by atoms with Crippen molar-refractivity contribution < 1.29 is 22.7 Å². The van der Waals surface area contributed by atoms with E-state index in [0.717, 1.165) is 16.1 Å². The van der Waals surface area contributed by atoms with Crippen molar-refractivity contribution in [3.05, 3.63) is 63.0 Å². The fourth-order valence-electron chi connectivity index (χ4n) is 3.09. The van der Waals surface area contributed by atoms with Gasteiger partial charge in [0.1, 0.15) is 23.4 Å². The minimum absolute atomic E-state index is 0.167. The molecule has 1 atom stereocenters. The van der Waals surface area contributed by atoms with Gasteiger partial charge in [0, 0.05) is 14.6 Å². The summed E-state index contributed by atoms with van der Waals surface area (Å²) in [6.07, 6.45) is -4.76. The van der Waals surface area contributed by atoms with E-state index in [1.54, 1.807) is 17.4 Å². The maximum atomic E-state index is 12.6. The Morgan fingerprint density at radius 2 is 1.97 bits per heavy atom. The molecule has 0 radical (unpaired) electrons. The lowest BCUT2D eigenvalue weighted by Crippen LogP contribution is -2.33. The zero-order valence-corrected chi connectivity index (χ0v) is 19.0. The van der Waals surface area contributed by atoms with Crippen molar-refractivity contribution in [2.24, 2.45) is 4.99 Å². The molecule has 3 aromatic rings. The third-order valence-electron chi connectivity index (χ3n) is 4.70. The number of hydroxylamine groups is 1. The van der Waals surface area contributed by atoms with Crippen molar-refractivity contribution in [1.82, 2.24) is 15.7 Å². The van der Waals surface area contributed by atoms with Crippen molar-refractivity contribution in [3.8, 4) is 5.75 Å². The van der Waals surface area contributed by atoms with Crippen LogP contribution in [0.2, 0.25) is 0 Å². The zero-order valence-electron chi connectivity index (χ0n) is 17.4. The summed E-state index contributed by atoms with van der Waals surface area (Å²) in [4.78, 5) is 13.2. The van der Waals surface area contributed by atoms with Crippen molar-refractivity contribution in [1.29, 1.82) is 0 Å². The van der Waals surface area contributed by atoms with Crippen LogP contribution in [0, 0.1) is 20.8 Å². The number of ether oxygens (including phenoxy) is 1. The van der Waals surface area contributed by atoms with E-state index in [1.807, 2.05) is 32.9 Å². The molecule has 32 heavy (non-hydrogen) atoms. The molecule has 0 unspecified atom stereocenters. The second-order valence-corrected chi connectivity index (χ2v) is 9.45. The number of nitrogens with zero attached hydrogens (tertiary/aromatic N) is 3. The third-order valence-corrected chi connectivity index (χ3v) is 6.77. The fraction of sp³-hybridized carbons (Fsp3) is 0.286. The van der Waals surface area contributed by atoms with E-state index in [9.17, 15) is 13.2 Å². The molecule has 2 aromatic heterocycles. The highest BCUT2D eigenvalue weighted by Crippen LogP contribution is 2.35. The topological polar surface area (TPSA) is 68.6 Å². The number of nitrogens with one attached hydrogen (secondary N) is 1. The van der Waals surface area contributed by atoms with E-state index in [0.29, 0.717) is 27.9 Å². The normalized spacial score (nSPS) is 16.4. The summed E-state index contributed by atoms with van der Waals surface area (Å²) in [5.74, 6) is 0.207. The first-order chi connectivity index (χ1) is 15.2. The summed E-state index contributed by atoms with van der Waals surface area (Å²) in [6, 6.07) is 9.63. The molecule has 1 N–H and O–H groups in total. The lowest BCUT2D eigenvalue weighted by Gasteiger charge is -2.23. The van der Waals surface area contributed by atoms with Crippen LogP contribution in [0.15, 0.2) is 51.3 Å². The molecule has 0 aliphatic carbocycles. The molecule has 0 saturated heterocycles. The van der Waals surface area contributed by atoms with Crippen LogP contribution >= 0.6 is 23.1 Å². The lowest BCUT2D eigenvalue weighted by atomic mass is 10.1. The van der Waals surface area contributed by atoms with Crippen molar-refractivity contribution in [2.75, 3.05) is 6.61 Å². The molecule has 11 heteroatoms. The highest BCUT2D eigenvalue weighted by molar-refractivity contribution is 7.99. The van der Waals surface area contributed by atoms with E-state index in [1.165, 1.54) is 34.8 Å². The summed E-state index contributed by atoms with van der Waals surface area (Å²) in [5.41, 5.74) is 5.15. The maximum Gasteiger partial charge on any atom is 0.573 e. The number of hydrogen-bond acceptors (Lipinski definition) is 8. The molecule has 1 aliphatic rings. The number of aromatic nitrogens is 2. The average Bonchev–Trinajstić information content (AvgIpc) is 3.16. The van der Waals surface area contributed by atoms with E-state index < -0.39 is 6.36 Å². The van der Waals surface area contributed by atoms with Gasteiger partial charge in [0.2, 0.25) is 0 Å². The predicted octanol–water partition coefficient (Wildman–Crippen LogP) is 5.54. The molecule has 0 bridgehead atoms. The number of aryl methyl sites for hydroxylation is 2. The van der Waals surface area contributed by atoms with Gasteiger partial charge in [0.05, 0.1) is 11.3 Å². The maximum absolute atomic E-state index is 12.6. The molecule has 4 rings (SSSR count). The van der Waals surface area contributed by atoms with Gasteiger partial charge in [-0.1, -0.05) is 17.8 Å².